The third kappa shape index (κ3) is 13.9. The second-order valence-corrected chi connectivity index (χ2v) is 16.3. The average molecular weight is 1120 g/mol. The van der Waals surface area contributed by atoms with Gasteiger partial charge in [-0.25, -0.2) is 0 Å². The summed E-state index contributed by atoms with van der Waals surface area (Å²) in [5, 5.41) is 8.68. The van der Waals surface area contributed by atoms with Gasteiger partial charge in [0.1, 0.15) is 18.8 Å². The largest absolute Gasteiger partial charge is 0.481 e. The van der Waals surface area contributed by atoms with Gasteiger partial charge in [-0.15, -0.1) is 0 Å². The smallest absolute Gasteiger partial charge is 0.416 e. The molecule has 76 heavy (non-hydrogen) atoms. The van der Waals surface area contributed by atoms with Crippen LogP contribution in [-0.2, 0) is 60.7 Å². The summed E-state index contributed by atoms with van der Waals surface area (Å²) >= 11 is 0. The summed E-state index contributed by atoms with van der Waals surface area (Å²) in [7, 11) is 0. The van der Waals surface area contributed by atoms with E-state index in [-0.39, 0.29) is 0 Å². The fourth-order valence-corrected chi connectivity index (χ4v) is 7.84. The van der Waals surface area contributed by atoms with Crippen LogP contribution in [-0.4, -0.2) is 28.0 Å². The second kappa shape index (κ2) is 20.7. The van der Waals surface area contributed by atoms with Crippen molar-refractivity contribution in [1.82, 2.24) is 4.98 Å². The third-order valence-electron chi connectivity index (χ3n) is 11.1. The monoisotopic (exact) mass is 1120 g/mol. The third-order valence-corrected chi connectivity index (χ3v) is 11.1. The van der Waals surface area contributed by atoms with E-state index in [0.29, 0.717) is 12.2 Å². The Labute approximate surface area is 408 Å². The molecule has 30 heteroatoms. The number of Topliss-reactive ketones (excluding diaryl/α,β-unsaturated/α-hetero) is 1. The van der Waals surface area contributed by atoms with Crippen LogP contribution in [0.4, 0.5) is 105 Å². The van der Waals surface area contributed by atoms with Gasteiger partial charge in [0.15, 0.2) is 12.7 Å². The van der Waals surface area contributed by atoms with Crippen molar-refractivity contribution in [2.75, 3.05) is 0 Å². The summed E-state index contributed by atoms with van der Waals surface area (Å²) in [6.45, 7) is 0.504. The van der Waals surface area contributed by atoms with Crippen molar-refractivity contribution >= 4 is 39.7 Å². The number of carboxylic acids is 1. The van der Waals surface area contributed by atoms with Crippen molar-refractivity contribution < 1.29 is 125 Å². The number of halogens is 24. The molecule has 5 aromatic carbocycles. The van der Waals surface area contributed by atoms with Crippen molar-refractivity contribution in [3.8, 4) is 0 Å². The number of aromatic nitrogens is 2. The molecule has 0 fully saturated rings. The molecule has 0 aliphatic carbocycles. The number of nitrogens with zero attached hydrogens (tertiary/aromatic N) is 2. The van der Waals surface area contributed by atoms with Crippen molar-refractivity contribution in [3.63, 3.8) is 0 Å². The summed E-state index contributed by atoms with van der Waals surface area (Å²) in [5.41, 5.74) is -28.9. The molecule has 408 valence electrons. The molecule has 0 saturated carbocycles. The molecular weight excluding hydrogens is 1100 g/mol. The summed E-state index contributed by atoms with van der Waals surface area (Å²) in [6, 6.07) is 0.815. The number of hydrogen-bond donors (Lipinski definition) is 1. The zero-order valence-electron chi connectivity index (χ0n) is 36.8. The molecule has 0 unspecified atom stereocenters. The highest BCUT2D eigenvalue weighted by atomic mass is 19.4. The number of benzene rings is 5. The molecule has 0 bridgehead atoms. The molecule has 0 aliphatic rings. The molecule has 0 amide bonds. The number of carboxylic acid groups (broad SMARTS) is 1. The zero-order valence-corrected chi connectivity index (χ0v) is 36.8. The summed E-state index contributed by atoms with van der Waals surface area (Å²) < 4.78 is 343. The average Bonchev–Trinajstić information content (AvgIpc) is 3.27. The van der Waals surface area contributed by atoms with Crippen molar-refractivity contribution in [2.45, 2.75) is 62.4 Å². The van der Waals surface area contributed by atoms with Crippen molar-refractivity contribution in [3.05, 3.63) is 177 Å². The maximum absolute atomic E-state index is 14.2. The summed E-state index contributed by atoms with van der Waals surface area (Å²) in [5.74, 6) is -1.59. The Morgan fingerprint density at radius 3 is 0.921 bits per heavy atom. The predicted molar refractivity (Wildman–Crippen MR) is 217 cm³/mol. The molecule has 0 spiro atoms. The first-order valence-electron chi connectivity index (χ1n) is 20.4. The minimum absolute atomic E-state index is 0.300. The fourth-order valence-electron chi connectivity index (χ4n) is 7.84. The molecule has 0 atom stereocenters. The maximum Gasteiger partial charge on any atom is 0.416 e. The van der Waals surface area contributed by atoms with Crippen LogP contribution in [0.3, 0.4) is 0 Å². The lowest BCUT2D eigenvalue weighted by atomic mass is 9.12. The van der Waals surface area contributed by atoms with E-state index in [4.69, 9.17) is 5.11 Å². The summed E-state index contributed by atoms with van der Waals surface area (Å²) in [6.07, 6.45) is -50.7. The van der Waals surface area contributed by atoms with Crippen LogP contribution < -0.4 is 26.4 Å². The van der Waals surface area contributed by atoms with Gasteiger partial charge in [-0.2, -0.15) is 132 Å². The van der Waals surface area contributed by atoms with E-state index in [1.165, 1.54) is 6.20 Å². The first kappa shape index (κ1) is 59.6. The van der Waals surface area contributed by atoms with Gasteiger partial charge in [0.2, 0.25) is 5.78 Å². The molecule has 6 aromatic rings. The topological polar surface area (TPSA) is 71.1 Å². The van der Waals surface area contributed by atoms with Gasteiger partial charge in [-0.3, -0.25) is 14.6 Å². The van der Waals surface area contributed by atoms with Crippen LogP contribution in [0.5, 0.6) is 0 Å². The minimum atomic E-state index is -6.13. The number of hydrogen-bond acceptors (Lipinski definition) is 3. The van der Waals surface area contributed by atoms with Crippen LogP contribution in [0.1, 0.15) is 67.0 Å². The number of carbonyl (C=O) groups excluding carboxylic acids is 1. The molecule has 0 radical (unpaired) electrons. The lowest BCUT2D eigenvalue weighted by molar-refractivity contribution is -0.690. The lowest BCUT2D eigenvalue weighted by Crippen LogP contribution is -2.75. The second-order valence-electron chi connectivity index (χ2n) is 16.3. The molecule has 1 N–H and O–H groups in total. The van der Waals surface area contributed by atoms with E-state index in [1.54, 1.807) is 17.0 Å². The molecule has 5 nitrogen and oxygen atoms in total. The SMILES string of the molecule is FC(F)(F)c1cc([B-](c2cc(C(F)(F)F)cc(C(F)(F)F)c2)(c2cc(C(F)(F)F)cc(C(F)(F)F)c2)c2cc(C(F)(F)F)cc(C(F)(F)F)c2)cc(C(F)(F)F)c1.O=C(O)CC(=O)c1cncc[n+]1Cc1ccccc1. The van der Waals surface area contributed by atoms with Crippen LogP contribution in [0.25, 0.3) is 0 Å². The van der Waals surface area contributed by atoms with Gasteiger partial charge in [0.05, 0.1) is 50.7 Å². The van der Waals surface area contributed by atoms with Crippen molar-refractivity contribution in [2.24, 2.45) is 0 Å². The van der Waals surface area contributed by atoms with Gasteiger partial charge in [0, 0.05) is 5.56 Å². The molecule has 0 aliphatic heterocycles. The normalized spacial score (nSPS) is 13.3. The van der Waals surface area contributed by atoms with E-state index in [0.717, 1.165) is 5.56 Å². The highest BCUT2D eigenvalue weighted by Crippen LogP contribution is 2.41. The van der Waals surface area contributed by atoms with E-state index < -0.39 is 213 Å². The quantitative estimate of drug-likeness (QED) is 0.0515. The van der Waals surface area contributed by atoms with E-state index in [2.05, 4.69) is 4.98 Å². The summed E-state index contributed by atoms with van der Waals surface area (Å²) in [4.78, 5) is 26.3. The number of alkyl halides is 24. The first-order valence-corrected chi connectivity index (χ1v) is 20.4. The number of ketones is 1. The highest BCUT2D eigenvalue weighted by Gasteiger charge is 2.47. The van der Waals surface area contributed by atoms with Crippen LogP contribution in [0.15, 0.2) is 122 Å². The van der Waals surface area contributed by atoms with Crippen molar-refractivity contribution in [1.29, 1.82) is 0 Å². The fraction of sp³-hybridized carbons (Fsp3) is 0.217. The van der Waals surface area contributed by atoms with Gasteiger partial charge in [-0.1, -0.05) is 78.9 Å². The molecular formula is C46H25BF24N2O3. The van der Waals surface area contributed by atoms with Gasteiger partial charge in [-0.05, 0) is 24.3 Å². The predicted octanol–water partition coefficient (Wildman–Crippen LogP) is 12.3. The standard InChI is InChI=1S/C32H12BF24.C14H12N2O3/c34-25(35,36)13-1-14(26(37,38)39)6-21(5-13)33(22-7-15(27(40,41)42)2-16(8-22)28(43,44)45,23-9-17(29(46,47)48)3-18(10-23)30(49,50)51)24-11-19(31(52,53)54)4-20(12-24)32(55,56)57;17-13(8-14(18)19)12-9-15-6-7-16(12)10-11-4-2-1-3-5-11/h1-12H;1-7,9H,8,10H2/q-1;/p+1. The minimum Gasteiger partial charge on any atom is -0.481 e. The first-order chi connectivity index (χ1) is 34.4. The Kier molecular flexibility index (Phi) is 16.2. The Morgan fingerprint density at radius 2 is 0.684 bits per heavy atom. The Morgan fingerprint density at radius 1 is 0.421 bits per heavy atom. The molecule has 1 aromatic heterocycles. The van der Waals surface area contributed by atoms with Gasteiger partial charge >= 0.3 is 55.4 Å². The Balaban J connectivity index is 0.000000468. The Bertz CT molecular complexity index is 2660. The van der Waals surface area contributed by atoms with Crippen LogP contribution >= 0.6 is 0 Å². The molecule has 6 rings (SSSR count). The number of aliphatic carboxylic acids is 1. The van der Waals surface area contributed by atoms with Crippen LogP contribution in [0.2, 0.25) is 0 Å². The lowest BCUT2D eigenvalue weighted by Gasteiger charge is -2.46. The number of carbonyl (C=O) groups is 2. The highest BCUT2D eigenvalue weighted by molar-refractivity contribution is 7.20. The zero-order chi connectivity index (χ0) is 57.6. The number of rotatable bonds is 9. The molecule has 1 heterocycles. The van der Waals surface area contributed by atoms with E-state index in [1.807, 2.05) is 30.3 Å². The molecule has 0 saturated heterocycles. The maximum atomic E-state index is 14.2. The van der Waals surface area contributed by atoms with E-state index >= 15 is 0 Å². The Hall–Kier alpha value is -7.30. The van der Waals surface area contributed by atoms with Gasteiger partial charge < -0.3 is 5.11 Å². The van der Waals surface area contributed by atoms with Crippen LogP contribution in [0, 0.1) is 0 Å². The van der Waals surface area contributed by atoms with E-state index in [9.17, 15) is 115 Å². The van der Waals surface area contributed by atoms with Gasteiger partial charge in [0.25, 0.3) is 5.69 Å².